The van der Waals surface area contributed by atoms with Gasteiger partial charge in [0.2, 0.25) is 0 Å². The van der Waals surface area contributed by atoms with Gasteiger partial charge >= 0.3 is 5.97 Å². The average molecular weight is 295 g/mol. The van der Waals surface area contributed by atoms with Gasteiger partial charge in [0.1, 0.15) is 0 Å². The van der Waals surface area contributed by atoms with Crippen LogP contribution in [-0.4, -0.2) is 17.6 Å². The Morgan fingerprint density at radius 3 is 2.77 bits per heavy atom. The molecule has 2 aromatic rings. The zero-order valence-corrected chi connectivity index (χ0v) is 13.0. The number of aromatic carboxylic acids is 1. The molecule has 22 heavy (non-hydrogen) atoms. The van der Waals surface area contributed by atoms with Crippen LogP contribution in [0.3, 0.4) is 0 Å². The van der Waals surface area contributed by atoms with Gasteiger partial charge < -0.3 is 10.0 Å². The Kier molecular flexibility index (Phi) is 3.88. The molecular weight excluding hydrogens is 274 g/mol. The molecule has 0 fully saturated rings. The molecule has 3 rings (SSSR count). The van der Waals surface area contributed by atoms with Crippen LogP contribution in [0.15, 0.2) is 42.5 Å². The number of nitrogens with zero attached hydrogens (tertiary/aromatic N) is 1. The minimum Gasteiger partial charge on any atom is -0.478 e. The predicted octanol–water partition coefficient (Wildman–Crippen LogP) is 4.07. The first-order chi connectivity index (χ1) is 10.5. The third kappa shape index (κ3) is 2.84. The molecule has 1 heterocycles. The summed E-state index contributed by atoms with van der Waals surface area (Å²) in [6.45, 7) is 6.18. The Labute approximate surface area is 131 Å². The smallest absolute Gasteiger partial charge is 0.335 e. The van der Waals surface area contributed by atoms with E-state index in [4.69, 9.17) is 5.11 Å². The van der Waals surface area contributed by atoms with Crippen molar-refractivity contribution in [3.8, 4) is 0 Å². The van der Waals surface area contributed by atoms with Gasteiger partial charge in [-0.15, -0.1) is 0 Å². The van der Waals surface area contributed by atoms with Crippen LogP contribution in [0.1, 0.15) is 46.8 Å². The van der Waals surface area contributed by atoms with Crippen molar-refractivity contribution >= 4 is 11.7 Å². The third-order valence-corrected chi connectivity index (χ3v) is 4.31. The SMILES string of the molecule is CC(C)c1ccc2c(c1)CCN2Cc1cccc(C(=O)O)c1. The summed E-state index contributed by atoms with van der Waals surface area (Å²) in [6, 6.07) is 13.9. The van der Waals surface area contributed by atoms with Crippen molar-refractivity contribution in [2.45, 2.75) is 32.7 Å². The van der Waals surface area contributed by atoms with E-state index in [9.17, 15) is 4.79 Å². The van der Waals surface area contributed by atoms with Gasteiger partial charge in [0.25, 0.3) is 0 Å². The molecule has 0 aliphatic carbocycles. The van der Waals surface area contributed by atoms with Crippen LogP contribution in [0, 0.1) is 0 Å². The second-order valence-electron chi connectivity index (χ2n) is 6.22. The van der Waals surface area contributed by atoms with Crippen LogP contribution in [-0.2, 0) is 13.0 Å². The van der Waals surface area contributed by atoms with Crippen molar-refractivity contribution in [2.75, 3.05) is 11.4 Å². The standard InChI is InChI=1S/C19H21NO2/c1-13(2)15-6-7-18-16(11-15)8-9-20(18)12-14-4-3-5-17(10-14)19(21)22/h3-7,10-11,13H,8-9,12H2,1-2H3,(H,21,22). The molecule has 0 bridgehead atoms. The number of fused-ring (bicyclic) bond motifs is 1. The molecule has 3 heteroatoms. The summed E-state index contributed by atoms with van der Waals surface area (Å²) in [5, 5.41) is 9.10. The van der Waals surface area contributed by atoms with Crippen LogP contribution >= 0.6 is 0 Å². The van der Waals surface area contributed by atoms with Crippen molar-refractivity contribution in [2.24, 2.45) is 0 Å². The lowest BCUT2D eigenvalue weighted by atomic mass is 10.00. The van der Waals surface area contributed by atoms with Gasteiger partial charge in [-0.25, -0.2) is 4.79 Å². The lowest BCUT2D eigenvalue weighted by molar-refractivity contribution is 0.0696. The molecule has 3 nitrogen and oxygen atoms in total. The van der Waals surface area contributed by atoms with Crippen LogP contribution in [0.25, 0.3) is 0 Å². The lowest BCUT2D eigenvalue weighted by Gasteiger charge is -2.20. The normalized spacial score (nSPS) is 13.5. The maximum Gasteiger partial charge on any atom is 0.335 e. The molecule has 0 spiro atoms. The van der Waals surface area contributed by atoms with E-state index in [2.05, 4.69) is 36.9 Å². The number of hydrogen-bond acceptors (Lipinski definition) is 2. The number of hydrogen-bond donors (Lipinski definition) is 1. The van der Waals surface area contributed by atoms with Crippen LogP contribution in [0.2, 0.25) is 0 Å². The van der Waals surface area contributed by atoms with E-state index in [1.54, 1.807) is 12.1 Å². The maximum absolute atomic E-state index is 11.1. The van der Waals surface area contributed by atoms with Crippen LogP contribution < -0.4 is 4.90 Å². The molecule has 0 atom stereocenters. The highest BCUT2D eigenvalue weighted by atomic mass is 16.4. The summed E-state index contributed by atoms with van der Waals surface area (Å²) in [4.78, 5) is 13.4. The Balaban J connectivity index is 1.82. The van der Waals surface area contributed by atoms with Gasteiger partial charge in [-0.05, 0) is 47.2 Å². The average Bonchev–Trinajstić information content (AvgIpc) is 2.90. The number of anilines is 1. The van der Waals surface area contributed by atoms with Crippen molar-refractivity contribution in [3.63, 3.8) is 0 Å². The largest absolute Gasteiger partial charge is 0.478 e. The zero-order valence-electron chi connectivity index (χ0n) is 13.0. The van der Waals surface area contributed by atoms with E-state index in [0.29, 0.717) is 11.5 Å². The Bertz CT molecular complexity index is 706. The minimum atomic E-state index is -0.870. The Hall–Kier alpha value is -2.29. The number of carboxylic acids is 1. The minimum absolute atomic E-state index is 0.354. The predicted molar refractivity (Wildman–Crippen MR) is 88.7 cm³/mol. The fraction of sp³-hybridized carbons (Fsp3) is 0.316. The van der Waals surface area contributed by atoms with E-state index in [-0.39, 0.29) is 0 Å². The van der Waals surface area contributed by atoms with Gasteiger partial charge in [-0.2, -0.15) is 0 Å². The first-order valence-electron chi connectivity index (χ1n) is 7.74. The van der Waals surface area contributed by atoms with Gasteiger partial charge in [-0.1, -0.05) is 38.1 Å². The molecule has 0 radical (unpaired) electrons. The number of carboxylic acid groups (broad SMARTS) is 1. The van der Waals surface area contributed by atoms with E-state index in [1.165, 1.54) is 16.8 Å². The molecule has 2 aromatic carbocycles. The van der Waals surface area contributed by atoms with Gasteiger partial charge in [0, 0.05) is 18.8 Å². The second-order valence-corrected chi connectivity index (χ2v) is 6.22. The first-order valence-corrected chi connectivity index (χ1v) is 7.74. The zero-order chi connectivity index (χ0) is 15.7. The Morgan fingerprint density at radius 1 is 1.23 bits per heavy atom. The fourth-order valence-corrected chi connectivity index (χ4v) is 3.04. The summed E-state index contributed by atoms with van der Waals surface area (Å²) in [6.07, 6.45) is 1.06. The van der Waals surface area contributed by atoms with E-state index >= 15 is 0 Å². The third-order valence-electron chi connectivity index (χ3n) is 4.31. The molecule has 1 N–H and O–H groups in total. The van der Waals surface area contributed by atoms with E-state index in [0.717, 1.165) is 25.1 Å². The molecule has 0 aromatic heterocycles. The van der Waals surface area contributed by atoms with Gasteiger partial charge in [-0.3, -0.25) is 0 Å². The van der Waals surface area contributed by atoms with Crippen LogP contribution in [0.5, 0.6) is 0 Å². The van der Waals surface area contributed by atoms with Crippen molar-refractivity contribution in [3.05, 3.63) is 64.7 Å². The van der Waals surface area contributed by atoms with Crippen molar-refractivity contribution in [1.82, 2.24) is 0 Å². The first kappa shape index (κ1) is 14.6. The topological polar surface area (TPSA) is 40.5 Å². The fourth-order valence-electron chi connectivity index (χ4n) is 3.04. The van der Waals surface area contributed by atoms with Crippen LogP contribution in [0.4, 0.5) is 5.69 Å². The maximum atomic E-state index is 11.1. The van der Waals surface area contributed by atoms with Crippen molar-refractivity contribution in [1.29, 1.82) is 0 Å². The van der Waals surface area contributed by atoms with E-state index < -0.39 is 5.97 Å². The molecule has 1 aliphatic heterocycles. The van der Waals surface area contributed by atoms with Gasteiger partial charge in [0.15, 0.2) is 0 Å². The van der Waals surface area contributed by atoms with Crippen molar-refractivity contribution < 1.29 is 9.90 Å². The Morgan fingerprint density at radius 2 is 2.05 bits per heavy atom. The summed E-state index contributed by atoms with van der Waals surface area (Å²) < 4.78 is 0. The monoisotopic (exact) mass is 295 g/mol. The molecule has 114 valence electrons. The summed E-state index contributed by atoms with van der Waals surface area (Å²) in [5.41, 5.74) is 5.46. The second kappa shape index (κ2) is 5.84. The summed E-state index contributed by atoms with van der Waals surface area (Å²) >= 11 is 0. The highest BCUT2D eigenvalue weighted by molar-refractivity contribution is 5.87. The van der Waals surface area contributed by atoms with E-state index in [1.807, 2.05) is 12.1 Å². The molecule has 0 saturated carbocycles. The molecular formula is C19H21NO2. The molecule has 0 saturated heterocycles. The van der Waals surface area contributed by atoms with Gasteiger partial charge in [0.05, 0.1) is 5.56 Å². The lowest BCUT2D eigenvalue weighted by Crippen LogP contribution is -2.19. The summed E-state index contributed by atoms with van der Waals surface area (Å²) in [7, 11) is 0. The highest BCUT2D eigenvalue weighted by Gasteiger charge is 2.20. The number of rotatable bonds is 4. The highest BCUT2D eigenvalue weighted by Crippen LogP contribution is 2.32. The quantitative estimate of drug-likeness (QED) is 0.924. The molecule has 0 unspecified atom stereocenters. The molecule has 0 amide bonds. The number of benzene rings is 2. The number of carbonyl (C=O) groups is 1. The summed E-state index contributed by atoms with van der Waals surface area (Å²) in [5.74, 6) is -0.322. The molecule has 1 aliphatic rings.